The highest BCUT2D eigenvalue weighted by atomic mass is 16.4. The molecule has 0 aromatic carbocycles. The minimum Gasteiger partial charge on any atom is -0.481 e. The Balaban J connectivity index is 2.59. The third kappa shape index (κ3) is 4.27. The van der Waals surface area contributed by atoms with Gasteiger partial charge in [-0.2, -0.15) is 0 Å². The summed E-state index contributed by atoms with van der Waals surface area (Å²) in [5.74, 6) is -1.44. The van der Waals surface area contributed by atoms with Gasteiger partial charge in [0.25, 0.3) is 0 Å². The van der Waals surface area contributed by atoms with E-state index in [0.717, 1.165) is 19.5 Å². The molecule has 1 heterocycles. The average Bonchev–Trinajstić information content (AvgIpc) is 2.42. The molecule has 1 saturated heterocycles. The molecule has 1 aliphatic heterocycles. The average molecular weight is 257 g/mol. The Morgan fingerprint density at radius 2 is 2.22 bits per heavy atom. The van der Waals surface area contributed by atoms with Crippen LogP contribution in [0.15, 0.2) is 0 Å². The SMILES string of the molecule is CC1C(=O)NCC(C(=O)O)CN1CCCN(C)C. The van der Waals surface area contributed by atoms with Crippen LogP contribution < -0.4 is 5.32 Å². The van der Waals surface area contributed by atoms with Gasteiger partial charge >= 0.3 is 5.97 Å². The molecule has 1 rings (SSSR count). The van der Waals surface area contributed by atoms with Crippen molar-refractivity contribution in [2.45, 2.75) is 19.4 Å². The molecule has 1 fully saturated rings. The highest BCUT2D eigenvalue weighted by molar-refractivity contribution is 5.82. The van der Waals surface area contributed by atoms with Crippen molar-refractivity contribution in [1.82, 2.24) is 15.1 Å². The standard InChI is InChI=1S/C12H23N3O3/c1-9-11(16)13-7-10(12(17)18)8-15(9)6-4-5-14(2)3/h9-10H,4-8H2,1-3H3,(H,13,16)(H,17,18). The molecule has 0 aromatic heterocycles. The summed E-state index contributed by atoms with van der Waals surface area (Å²) in [4.78, 5) is 26.8. The minimum atomic E-state index is -0.845. The van der Waals surface area contributed by atoms with Gasteiger partial charge in [0.15, 0.2) is 0 Å². The summed E-state index contributed by atoms with van der Waals surface area (Å²) in [6.45, 7) is 4.17. The fraction of sp³-hybridized carbons (Fsp3) is 0.833. The van der Waals surface area contributed by atoms with Crippen LogP contribution >= 0.6 is 0 Å². The Bertz CT molecular complexity index is 307. The molecule has 6 nitrogen and oxygen atoms in total. The number of nitrogens with zero attached hydrogens (tertiary/aromatic N) is 2. The van der Waals surface area contributed by atoms with Crippen LogP contribution in [-0.4, -0.2) is 73.1 Å². The molecule has 104 valence electrons. The molecule has 0 bridgehead atoms. The highest BCUT2D eigenvalue weighted by Gasteiger charge is 2.31. The van der Waals surface area contributed by atoms with Gasteiger partial charge in [-0.25, -0.2) is 0 Å². The van der Waals surface area contributed by atoms with E-state index < -0.39 is 11.9 Å². The van der Waals surface area contributed by atoms with E-state index in [1.807, 2.05) is 25.9 Å². The van der Waals surface area contributed by atoms with Crippen LogP contribution in [0.2, 0.25) is 0 Å². The highest BCUT2D eigenvalue weighted by Crippen LogP contribution is 2.10. The van der Waals surface area contributed by atoms with E-state index >= 15 is 0 Å². The van der Waals surface area contributed by atoms with E-state index in [0.29, 0.717) is 6.54 Å². The molecule has 1 amide bonds. The lowest BCUT2D eigenvalue weighted by Gasteiger charge is -2.27. The Hall–Kier alpha value is -1.14. The monoisotopic (exact) mass is 257 g/mol. The topological polar surface area (TPSA) is 72.9 Å². The zero-order valence-electron chi connectivity index (χ0n) is 11.3. The number of carboxylic acid groups (broad SMARTS) is 1. The maximum atomic E-state index is 11.7. The summed E-state index contributed by atoms with van der Waals surface area (Å²) in [6.07, 6.45) is 0.928. The first-order chi connectivity index (χ1) is 8.41. The van der Waals surface area contributed by atoms with Gasteiger partial charge in [0.1, 0.15) is 0 Å². The van der Waals surface area contributed by atoms with Crippen LogP contribution in [-0.2, 0) is 9.59 Å². The second-order valence-corrected chi connectivity index (χ2v) is 5.11. The van der Waals surface area contributed by atoms with Crippen molar-refractivity contribution >= 4 is 11.9 Å². The van der Waals surface area contributed by atoms with Crippen molar-refractivity contribution in [3.8, 4) is 0 Å². The number of rotatable bonds is 5. The fourth-order valence-corrected chi connectivity index (χ4v) is 2.08. The number of carbonyl (C=O) groups excluding carboxylic acids is 1. The molecule has 0 aliphatic carbocycles. The van der Waals surface area contributed by atoms with Gasteiger partial charge in [-0.05, 0) is 34.0 Å². The molecule has 6 heteroatoms. The third-order valence-corrected chi connectivity index (χ3v) is 3.30. The maximum Gasteiger partial charge on any atom is 0.309 e. The molecule has 0 radical (unpaired) electrons. The maximum absolute atomic E-state index is 11.7. The smallest absolute Gasteiger partial charge is 0.309 e. The van der Waals surface area contributed by atoms with Gasteiger partial charge in [0, 0.05) is 19.6 Å². The Morgan fingerprint density at radius 3 is 2.78 bits per heavy atom. The Morgan fingerprint density at radius 1 is 1.56 bits per heavy atom. The molecule has 2 unspecified atom stereocenters. The minimum absolute atomic E-state index is 0.0800. The van der Waals surface area contributed by atoms with Gasteiger partial charge < -0.3 is 15.3 Å². The largest absolute Gasteiger partial charge is 0.481 e. The molecule has 0 aromatic rings. The van der Waals surface area contributed by atoms with Gasteiger partial charge in [-0.3, -0.25) is 14.5 Å². The van der Waals surface area contributed by atoms with Crippen LogP contribution in [0, 0.1) is 5.92 Å². The lowest BCUT2D eigenvalue weighted by atomic mass is 10.1. The van der Waals surface area contributed by atoms with Crippen molar-refractivity contribution in [2.24, 2.45) is 5.92 Å². The zero-order valence-corrected chi connectivity index (χ0v) is 11.3. The van der Waals surface area contributed by atoms with Crippen LogP contribution in [0.3, 0.4) is 0 Å². The van der Waals surface area contributed by atoms with Crippen LogP contribution in [0.4, 0.5) is 0 Å². The summed E-state index contributed by atoms with van der Waals surface area (Å²) in [7, 11) is 4.00. The van der Waals surface area contributed by atoms with Crippen LogP contribution in [0.5, 0.6) is 0 Å². The van der Waals surface area contributed by atoms with Crippen molar-refractivity contribution in [1.29, 1.82) is 0 Å². The van der Waals surface area contributed by atoms with E-state index in [1.54, 1.807) is 0 Å². The second-order valence-electron chi connectivity index (χ2n) is 5.11. The van der Waals surface area contributed by atoms with Gasteiger partial charge in [0.05, 0.1) is 12.0 Å². The van der Waals surface area contributed by atoms with Crippen molar-refractivity contribution in [3.05, 3.63) is 0 Å². The molecule has 2 atom stereocenters. The molecule has 2 N–H and O–H groups in total. The fourth-order valence-electron chi connectivity index (χ4n) is 2.08. The first-order valence-corrected chi connectivity index (χ1v) is 6.31. The van der Waals surface area contributed by atoms with Crippen LogP contribution in [0.25, 0.3) is 0 Å². The van der Waals surface area contributed by atoms with Gasteiger partial charge in [-0.15, -0.1) is 0 Å². The molecule has 0 spiro atoms. The predicted molar refractivity (Wildman–Crippen MR) is 68.3 cm³/mol. The van der Waals surface area contributed by atoms with Crippen molar-refractivity contribution in [2.75, 3.05) is 40.3 Å². The van der Waals surface area contributed by atoms with Gasteiger partial charge in [0.2, 0.25) is 5.91 Å². The first kappa shape index (κ1) is 14.9. The number of carbonyl (C=O) groups is 2. The Kier molecular flexibility index (Phi) is 5.55. The van der Waals surface area contributed by atoms with E-state index in [-0.39, 0.29) is 18.5 Å². The number of hydrogen-bond donors (Lipinski definition) is 2. The molecular weight excluding hydrogens is 234 g/mol. The summed E-state index contributed by atoms with van der Waals surface area (Å²) >= 11 is 0. The van der Waals surface area contributed by atoms with E-state index in [2.05, 4.69) is 10.2 Å². The molecule has 1 aliphatic rings. The van der Waals surface area contributed by atoms with Gasteiger partial charge in [-0.1, -0.05) is 0 Å². The summed E-state index contributed by atoms with van der Waals surface area (Å²) < 4.78 is 0. The number of nitrogens with one attached hydrogen (secondary N) is 1. The van der Waals surface area contributed by atoms with E-state index in [9.17, 15) is 9.59 Å². The summed E-state index contributed by atoms with van der Waals surface area (Å²) in [6, 6.07) is -0.253. The second kappa shape index (κ2) is 6.70. The number of amides is 1. The number of hydrogen-bond acceptors (Lipinski definition) is 4. The number of aliphatic carboxylic acids is 1. The van der Waals surface area contributed by atoms with E-state index in [1.165, 1.54) is 0 Å². The lowest BCUT2D eigenvalue weighted by molar-refractivity contribution is -0.142. The van der Waals surface area contributed by atoms with E-state index in [4.69, 9.17) is 5.11 Å². The number of carboxylic acids is 1. The zero-order chi connectivity index (χ0) is 13.7. The molecule has 18 heavy (non-hydrogen) atoms. The Labute approximate surface area is 108 Å². The molecular formula is C12H23N3O3. The summed E-state index contributed by atoms with van der Waals surface area (Å²) in [5, 5.41) is 11.8. The third-order valence-electron chi connectivity index (χ3n) is 3.30. The lowest BCUT2D eigenvalue weighted by Crippen LogP contribution is -2.43. The predicted octanol–water partition coefficient (Wildman–Crippen LogP) is -0.541. The normalized spacial score (nSPS) is 25.9. The first-order valence-electron chi connectivity index (χ1n) is 6.31. The molecule has 0 saturated carbocycles. The quantitative estimate of drug-likeness (QED) is 0.692. The van der Waals surface area contributed by atoms with Crippen molar-refractivity contribution in [3.63, 3.8) is 0 Å². The van der Waals surface area contributed by atoms with Crippen molar-refractivity contribution < 1.29 is 14.7 Å². The summed E-state index contributed by atoms with van der Waals surface area (Å²) in [5.41, 5.74) is 0. The van der Waals surface area contributed by atoms with Crippen LogP contribution in [0.1, 0.15) is 13.3 Å².